The number of hydrogen-bond acceptors (Lipinski definition) is 6. The second-order valence-electron chi connectivity index (χ2n) is 6.85. The first-order valence-electron chi connectivity index (χ1n) is 7.84. The van der Waals surface area contributed by atoms with Gasteiger partial charge in [-0.1, -0.05) is 13.8 Å². The maximum Gasteiger partial charge on any atom is 0.356 e. The highest BCUT2D eigenvalue weighted by molar-refractivity contribution is 8.01. The molecule has 0 bridgehead atoms. The molecule has 8 nitrogen and oxygen atoms in total. The maximum atomic E-state index is 12.6. The molecule has 1 N–H and O–H groups in total. The fourth-order valence-electron chi connectivity index (χ4n) is 2.97. The molecule has 2 atom stereocenters. The number of carboxylic acids is 1. The molecule has 0 aliphatic carbocycles. The van der Waals surface area contributed by atoms with E-state index in [-0.39, 0.29) is 23.3 Å². The Kier molecular flexibility index (Phi) is 4.91. The number of nitrogens with zero attached hydrogens (tertiary/aromatic N) is 2. The van der Waals surface area contributed by atoms with Crippen molar-refractivity contribution in [1.82, 2.24) is 9.80 Å². The number of esters is 1. The van der Waals surface area contributed by atoms with Crippen molar-refractivity contribution in [1.29, 1.82) is 0 Å². The molecule has 2 heterocycles. The molecule has 0 aromatic rings. The van der Waals surface area contributed by atoms with E-state index in [1.54, 1.807) is 34.7 Å². The Labute approximate surface area is 150 Å². The van der Waals surface area contributed by atoms with Crippen molar-refractivity contribution in [2.24, 2.45) is 5.92 Å². The van der Waals surface area contributed by atoms with Gasteiger partial charge in [0.2, 0.25) is 5.91 Å². The van der Waals surface area contributed by atoms with Crippen LogP contribution in [0.2, 0.25) is 0 Å². The van der Waals surface area contributed by atoms with Crippen molar-refractivity contribution in [2.75, 3.05) is 7.05 Å². The molecular formula is C16H22N2O6S. The fourth-order valence-corrected chi connectivity index (χ4v) is 4.56. The Morgan fingerprint density at radius 2 is 1.88 bits per heavy atom. The highest BCUT2D eigenvalue weighted by Crippen LogP contribution is 2.51. The summed E-state index contributed by atoms with van der Waals surface area (Å²) in [6.07, 6.45) is 0. The first-order chi connectivity index (χ1) is 11.4. The van der Waals surface area contributed by atoms with Crippen LogP contribution >= 0.6 is 11.8 Å². The van der Waals surface area contributed by atoms with Crippen molar-refractivity contribution in [2.45, 2.75) is 50.8 Å². The van der Waals surface area contributed by atoms with E-state index in [1.807, 2.05) is 0 Å². The average Bonchev–Trinajstić information content (AvgIpc) is 2.47. The van der Waals surface area contributed by atoms with Gasteiger partial charge in [-0.05, 0) is 13.8 Å². The highest BCUT2D eigenvalue weighted by atomic mass is 32.2. The zero-order chi connectivity index (χ0) is 19.3. The molecule has 2 aliphatic rings. The first kappa shape index (κ1) is 19.3. The Morgan fingerprint density at radius 3 is 2.32 bits per heavy atom. The summed E-state index contributed by atoms with van der Waals surface area (Å²) >= 11 is 1.29. The summed E-state index contributed by atoms with van der Waals surface area (Å²) in [5.41, 5.74) is -0.337. The average molecular weight is 370 g/mol. The number of carbonyl (C=O) groups is 4. The summed E-state index contributed by atoms with van der Waals surface area (Å²) in [4.78, 5) is 50.4. The number of thioether (sulfide) groups is 1. The number of amides is 2. The Bertz CT molecular complexity index is 684. The molecule has 1 saturated heterocycles. The van der Waals surface area contributed by atoms with Gasteiger partial charge in [-0.25, -0.2) is 4.79 Å². The smallest absolute Gasteiger partial charge is 0.356 e. The lowest BCUT2D eigenvalue weighted by molar-refractivity contribution is -0.160. The third-order valence-corrected chi connectivity index (χ3v) is 5.63. The van der Waals surface area contributed by atoms with Gasteiger partial charge in [0.25, 0.3) is 5.91 Å². The van der Waals surface area contributed by atoms with Gasteiger partial charge in [-0.15, -0.1) is 11.8 Å². The van der Waals surface area contributed by atoms with E-state index in [0.29, 0.717) is 0 Å². The number of β-lactam (4-membered cyclic amide) rings is 1. The number of carbonyl (C=O) groups excluding carboxylic acids is 3. The first-order valence-corrected chi connectivity index (χ1v) is 8.72. The Hall–Kier alpha value is -2.03. The predicted octanol–water partition coefficient (Wildman–Crippen LogP) is 1.02. The van der Waals surface area contributed by atoms with E-state index in [2.05, 4.69) is 0 Å². The molecule has 9 heteroatoms. The minimum absolute atomic E-state index is 0.0570. The second kappa shape index (κ2) is 6.36. The largest absolute Gasteiger partial charge is 0.476 e. The summed E-state index contributed by atoms with van der Waals surface area (Å²) in [5, 5.41) is 9.04. The maximum absolute atomic E-state index is 12.6. The minimum Gasteiger partial charge on any atom is -0.476 e. The monoisotopic (exact) mass is 370 g/mol. The number of ether oxygens (including phenoxy) is 1. The Balaban J connectivity index is 2.46. The van der Waals surface area contributed by atoms with Crippen LogP contribution in [0.4, 0.5) is 0 Å². The number of likely N-dealkylation sites (N-methyl/N-ethyl adjacent to an activating group) is 1. The summed E-state index contributed by atoms with van der Waals surface area (Å²) in [6, 6.07) is -0.743. The van der Waals surface area contributed by atoms with E-state index in [9.17, 15) is 24.3 Å². The summed E-state index contributed by atoms with van der Waals surface area (Å²) in [6.45, 7) is 8.09. The van der Waals surface area contributed by atoms with Gasteiger partial charge in [0.05, 0.1) is 4.75 Å². The standard InChI is InChI=1S/C16H22N2O6S/c1-7(2)12(20)17(6)10-13(21)18-9(15(22)23)11(24-8(3)19)16(4,5)25-14(10)18/h7,10,14H,1-6H3,(H,22,23)/t10?,14-/m1/s1. The lowest BCUT2D eigenvalue weighted by atomic mass is 9.99. The second-order valence-corrected chi connectivity index (χ2v) is 8.59. The van der Waals surface area contributed by atoms with Gasteiger partial charge in [-0.3, -0.25) is 19.3 Å². The molecule has 25 heavy (non-hydrogen) atoms. The minimum atomic E-state index is -1.35. The quantitative estimate of drug-likeness (QED) is 0.582. The van der Waals surface area contributed by atoms with Gasteiger partial charge >= 0.3 is 11.9 Å². The van der Waals surface area contributed by atoms with E-state index in [0.717, 1.165) is 4.90 Å². The Morgan fingerprint density at radius 1 is 1.32 bits per heavy atom. The van der Waals surface area contributed by atoms with Crippen LogP contribution in [0, 0.1) is 5.92 Å². The summed E-state index contributed by atoms with van der Waals surface area (Å²) < 4.78 is 4.28. The molecule has 138 valence electrons. The molecular weight excluding hydrogens is 348 g/mol. The third kappa shape index (κ3) is 3.12. The van der Waals surface area contributed by atoms with Crippen LogP contribution in [0.1, 0.15) is 34.6 Å². The van der Waals surface area contributed by atoms with Gasteiger partial charge in [0.15, 0.2) is 11.5 Å². The lowest BCUT2D eigenvalue weighted by Gasteiger charge is -2.55. The number of aliphatic carboxylic acids is 1. The molecule has 0 radical (unpaired) electrons. The normalized spacial score (nSPS) is 24.6. The molecule has 0 aromatic heterocycles. The van der Waals surface area contributed by atoms with Crippen molar-refractivity contribution < 1.29 is 29.0 Å². The molecule has 2 rings (SSSR count). The number of hydrogen-bond donors (Lipinski definition) is 1. The van der Waals surface area contributed by atoms with Crippen LogP contribution in [-0.2, 0) is 23.9 Å². The van der Waals surface area contributed by atoms with E-state index in [1.165, 1.54) is 23.6 Å². The molecule has 0 aromatic carbocycles. The number of fused-ring (bicyclic) bond motifs is 1. The summed E-state index contributed by atoms with van der Waals surface area (Å²) in [7, 11) is 1.54. The topological polar surface area (TPSA) is 104 Å². The molecule has 1 unspecified atom stereocenters. The van der Waals surface area contributed by atoms with Crippen molar-refractivity contribution in [3.8, 4) is 0 Å². The molecule has 2 amide bonds. The van der Waals surface area contributed by atoms with Crippen molar-refractivity contribution in [3.63, 3.8) is 0 Å². The molecule has 0 saturated carbocycles. The van der Waals surface area contributed by atoms with Gasteiger partial charge in [0.1, 0.15) is 11.4 Å². The third-order valence-electron chi connectivity index (χ3n) is 4.14. The van der Waals surface area contributed by atoms with Crippen LogP contribution in [0.3, 0.4) is 0 Å². The fraction of sp³-hybridized carbons (Fsp3) is 0.625. The van der Waals surface area contributed by atoms with Crippen LogP contribution in [0.15, 0.2) is 11.5 Å². The van der Waals surface area contributed by atoms with Gasteiger partial charge in [0, 0.05) is 19.9 Å². The van der Waals surface area contributed by atoms with E-state index < -0.39 is 34.0 Å². The van der Waals surface area contributed by atoms with Crippen LogP contribution in [0.25, 0.3) is 0 Å². The predicted molar refractivity (Wildman–Crippen MR) is 90.1 cm³/mol. The number of carboxylic acid groups (broad SMARTS) is 1. The molecule has 2 aliphatic heterocycles. The zero-order valence-electron chi connectivity index (χ0n) is 15.0. The molecule has 1 fully saturated rings. The number of rotatable bonds is 4. The van der Waals surface area contributed by atoms with Crippen LogP contribution in [0.5, 0.6) is 0 Å². The lowest BCUT2D eigenvalue weighted by Crippen LogP contribution is -2.72. The summed E-state index contributed by atoms with van der Waals surface area (Å²) in [5.74, 6) is -3.02. The van der Waals surface area contributed by atoms with Crippen LogP contribution in [-0.4, -0.2) is 61.9 Å². The highest BCUT2D eigenvalue weighted by Gasteiger charge is 2.60. The van der Waals surface area contributed by atoms with Crippen LogP contribution < -0.4 is 0 Å². The van der Waals surface area contributed by atoms with Gasteiger partial charge in [-0.2, -0.15) is 0 Å². The van der Waals surface area contributed by atoms with Crippen molar-refractivity contribution in [3.05, 3.63) is 11.5 Å². The van der Waals surface area contributed by atoms with E-state index >= 15 is 0 Å². The van der Waals surface area contributed by atoms with Gasteiger partial charge < -0.3 is 14.7 Å². The molecule has 0 spiro atoms. The van der Waals surface area contributed by atoms with Crippen molar-refractivity contribution >= 4 is 35.5 Å². The SMILES string of the molecule is CC(=O)OC1=C(C(=O)O)N2C(=O)C(N(C)C(=O)C(C)C)[C@H]2SC1(C)C. The van der Waals surface area contributed by atoms with E-state index in [4.69, 9.17) is 4.74 Å². The zero-order valence-corrected chi connectivity index (χ0v) is 15.8.